The quantitative estimate of drug-likeness (QED) is 0.153. The lowest BCUT2D eigenvalue weighted by atomic mass is 9.87. The monoisotopic (exact) mass is 868 g/mol. The van der Waals surface area contributed by atoms with E-state index >= 15 is 0 Å². The minimum absolute atomic E-state index is 0.557. The Kier molecular flexibility index (Phi) is 9.43. The molecule has 318 valence electrons. The molecule has 0 saturated carbocycles. The maximum atomic E-state index is 7.00. The third-order valence-electron chi connectivity index (χ3n) is 13.0. The fourth-order valence-corrected chi connectivity index (χ4v) is 9.90. The number of benzene rings is 10. The van der Waals surface area contributed by atoms with E-state index < -0.39 is 0 Å². The first-order valence-electron chi connectivity index (χ1n) is 22.9. The van der Waals surface area contributed by atoms with Crippen LogP contribution in [0.3, 0.4) is 0 Å². The highest BCUT2D eigenvalue weighted by atomic mass is 16.3. The Hall–Kier alpha value is -9.19. The standard InChI is InChI=1S/C63H40N4O/c1-5-20-41(21-6-1)45-36-46(42-22-7-2-8-23-42)38-47(37-45)49-31-19-32-53(59(49)63-65-61(43-24-9-3-10-25-43)64-62(66-63)44-26-11-4-12-27-44)55-40-48(39-54-52-30-15-18-35-58(52)68-60(54)55)67-56-33-16-13-28-50(56)51-29-14-17-34-57(51)67/h1-40H. The molecule has 0 aliphatic rings. The molecular formula is C63H40N4O. The largest absolute Gasteiger partial charge is 0.455 e. The van der Waals surface area contributed by atoms with Gasteiger partial charge < -0.3 is 8.98 Å². The van der Waals surface area contributed by atoms with Crippen molar-refractivity contribution >= 4 is 43.7 Å². The summed E-state index contributed by atoms with van der Waals surface area (Å²) in [6, 6.07) is 85.3. The fourth-order valence-electron chi connectivity index (χ4n) is 9.90. The summed E-state index contributed by atoms with van der Waals surface area (Å²) in [5.41, 5.74) is 15.9. The average Bonchev–Trinajstić information content (AvgIpc) is 3.97. The van der Waals surface area contributed by atoms with Crippen molar-refractivity contribution in [3.8, 4) is 84.4 Å². The van der Waals surface area contributed by atoms with E-state index in [0.29, 0.717) is 17.5 Å². The average molecular weight is 869 g/mol. The number of rotatable bonds is 8. The molecule has 3 aromatic heterocycles. The van der Waals surface area contributed by atoms with Crippen LogP contribution in [0.4, 0.5) is 0 Å². The van der Waals surface area contributed by atoms with Gasteiger partial charge >= 0.3 is 0 Å². The molecule has 3 heterocycles. The first-order chi connectivity index (χ1) is 33.7. The Morgan fingerprint density at radius 2 is 0.750 bits per heavy atom. The van der Waals surface area contributed by atoms with Crippen molar-refractivity contribution in [2.75, 3.05) is 0 Å². The molecule has 10 aromatic carbocycles. The van der Waals surface area contributed by atoms with Crippen LogP contribution in [-0.2, 0) is 0 Å². The van der Waals surface area contributed by atoms with E-state index in [4.69, 9.17) is 19.4 Å². The second-order valence-corrected chi connectivity index (χ2v) is 17.1. The molecule has 0 bridgehead atoms. The van der Waals surface area contributed by atoms with Gasteiger partial charge in [-0.3, -0.25) is 0 Å². The summed E-state index contributed by atoms with van der Waals surface area (Å²) in [5, 5.41) is 4.47. The van der Waals surface area contributed by atoms with Crippen molar-refractivity contribution < 1.29 is 4.42 Å². The lowest BCUT2D eigenvalue weighted by Gasteiger charge is -2.19. The molecule has 0 atom stereocenters. The number of nitrogens with zero attached hydrogens (tertiary/aromatic N) is 4. The van der Waals surface area contributed by atoms with Gasteiger partial charge in [0, 0.05) is 49.5 Å². The van der Waals surface area contributed by atoms with E-state index in [1.165, 1.54) is 10.8 Å². The van der Waals surface area contributed by atoms with Gasteiger partial charge in [-0.25, -0.2) is 15.0 Å². The first kappa shape index (κ1) is 39.2. The van der Waals surface area contributed by atoms with Gasteiger partial charge in [0.25, 0.3) is 0 Å². The SMILES string of the molecule is c1ccc(-c2cc(-c3ccccc3)cc(-c3cccc(-c4cc(-n5c6ccccc6c6ccccc65)cc5c4oc4ccccc45)c3-c3nc(-c4ccccc4)nc(-c4ccccc4)n3)c2)cc1. The number of para-hydroxylation sites is 3. The zero-order valence-electron chi connectivity index (χ0n) is 36.8. The summed E-state index contributed by atoms with van der Waals surface area (Å²) >= 11 is 0. The van der Waals surface area contributed by atoms with Crippen molar-refractivity contribution in [3.05, 3.63) is 243 Å². The molecule has 13 aromatic rings. The molecule has 0 N–H and O–H groups in total. The summed E-state index contributed by atoms with van der Waals surface area (Å²) in [5.74, 6) is 1.73. The normalized spacial score (nSPS) is 11.5. The van der Waals surface area contributed by atoms with Gasteiger partial charge in [-0.15, -0.1) is 0 Å². The van der Waals surface area contributed by atoms with Crippen LogP contribution >= 0.6 is 0 Å². The minimum Gasteiger partial charge on any atom is -0.455 e. The number of hydrogen-bond donors (Lipinski definition) is 0. The molecule has 0 saturated heterocycles. The molecule has 0 radical (unpaired) electrons. The minimum atomic E-state index is 0.557. The second-order valence-electron chi connectivity index (χ2n) is 17.1. The Morgan fingerprint density at radius 1 is 0.294 bits per heavy atom. The Balaban J connectivity index is 1.17. The predicted octanol–water partition coefficient (Wildman–Crippen LogP) is 16.5. The van der Waals surface area contributed by atoms with Gasteiger partial charge in [-0.1, -0.05) is 194 Å². The molecule has 0 fully saturated rings. The van der Waals surface area contributed by atoms with Crippen molar-refractivity contribution in [2.24, 2.45) is 0 Å². The Labute approximate surface area is 392 Å². The third-order valence-corrected chi connectivity index (χ3v) is 13.0. The number of aromatic nitrogens is 4. The maximum absolute atomic E-state index is 7.00. The van der Waals surface area contributed by atoms with Crippen LogP contribution in [0.25, 0.3) is 128 Å². The number of hydrogen-bond acceptors (Lipinski definition) is 4. The van der Waals surface area contributed by atoms with Gasteiger partial charge in [0.15, 0.2) is 17.5 Å². The van der Waals surface area contributed by atoms with Crippen LogP contribution in [0.5, 0.6) is 0 Å². The van der Waals surface area contributed by atoms with Crippen molar-refractivity contribution in [1.82, 2.24) is 19.5 Å². The van der Waals surface area contributed by atoms with Crippen LogP contribution in [0.2, 0.25) is 0 Å². The molecular weight excluding hydrogens is 829 g/mol. The van der Waals surface area contributed by atoms with E-state index in [-0.39, 0.29) is 0 Å². The summed E-state index contributed by atoms with van der Waals surface area (Å²) in [4.78, 5) is 16.1. The smallest absolute Gasteiger partial charge is 0.165 e. The molecule has 0 aliphatic heterocycles. The summed E-state index contributed by atoms with van der Waals surface area (Å²) in [6.45, 7) is 0. The molecule has 5 nitrogen and oxygen atoms in total. The summed E-state index contributed by atoms with van der Waals surface area (Å²) in [6.07, 6.45) is 0. The molecule has 68 heavy (non-hydrogen) atoms. The summed E-state index contributed by atoms with van der Waals surface area (Å²) < 4.78 is 9.39. The van der Waals surface area contributed by atoms with Crippen molar-refractivity contribution in [2.45, 2.75) is 0 Å². The molecule has 0 amide bonds. The maximum Gasteiger partial charge on any atom is 0.165 e. The highest BCUT2D eigenvalue weighted by Crippen LogP contribution is 2.47. The zero-order valence-corrected chi connectivity index (χ0v) is 36.8. The molecule has 5 heteroatoms. The van der Waals surface area contributed by atoms with Gasteiger partial charge in [-0.2, -0.15) is 0 Å². The van der Waals surface area contributed by atoms with Crippen LogP contribution in [0.15, 0.2) is 247 Å². The first-order valence-corrected chi connectivity index (χ1v) is 22.9. The highest BCUT2D eigenvalue weighted by molar-refractivity contribution is 6.14. The van der Waals surface area contributed by atoms with E-state index in [2.05, 4.69) is 205 Å². The van der Waals surface area contributed by atoms with Gasteiger partial charge in [-0.05, 0) is 87.5 Å². The lowest BCUT2D eigenvalue weighted by molar-refractivity contribution is 0.670. The van der Waals surface area contributed by atoms with E-state index in [0.717, 1.165) is 99.9 Å². The van der Waals surface area contributed by atoms with Gasteiger partial charge in [0.05, 0.1) is 11.0 Å². The lowest BCUT2D eigenvalue weighted by Crippen LogP contribution is -2.03. The topological polar surface area (TPSA) is 56.7 Å². The van der Waals surface area contributed by atoms with Gasteiger partial charge in [0.2, 0.25) is 0 Å². The van der Waals surface area contributed by atoms with Crippen molar-refractivity contribution in [3.63, 3.8) is 0 Å². The predicted molar refractivity (Wildman–Crippen MR) is 279 cm³/mol. The van der Waals surface area contributed by atoms with Crippen LogP contribution in [0, 0.1) is 0 Å². The van der Waals surface area contributed by atoms with E-state index in [9.17, 15) is 0 Å². The van der Waals surface area contributed by atoms with Gasteiger partial charge in [0.1, 0.15) is 11.2 Å². The molecule has 0 spiro atoms. The third kappa shape index (κ3) is 6.76. The van der Waals surface area contributed by atoms with Crippen molar-refractivity contribution in [1.29, 1.82) is 0 Å². The Bertz CT molecular complexity index is 3840. The molecule has 0 aliphatic carbocycles. The Morgan fingerprint density at radius 3 is 1.32 bits per heavy atom. The number of fused-ring (bicyclic) bond motifs is 6. The summed E-state index contributed by atoms with van der Waals surface area (Å²) in [7, 11) is 0. The molecule has 13 rings (SSSR count). The van der Waals surface area contributed by atoms with Crippen LogP contribution < -0.4 is 0 Å². The van der Waals surface area contributed by atoms with Crippen LogP contribution in [-0.4, -0.2) is 19.5 Å². The highest BCUT2D eigenvalue weighted by Gasteiger charge is 2.25. The number of furan rings is 1. The van der Waals surface area contributed by atoms with Crippen LogP contribution in [0.1, 0.15) is 0 Å². The zero-order chi connectivity index (χ0) is 45.0. The van der Waals surface area contributed by atoms with E-state index in [1.807, 2.05) is 42.5 Å². The van der Waals surface area contributed by atoms with E-state index in [1.54, 1.807) is 0 Å². The second kappa shape index (κ2) is 16.4. The fraction of sp³-hybridized carbons (Fsp3) is 0. The molecule has 0 unspecified atom stereocenters.